The molecule has 1 aliphatic carbocycles. The Morgan fingerprint density at radius 3 is 2.81 bits per heavy atom. The number of hydrogen-bond donors (Lipinski definition) is 1. The second kappa shape index (κ2) is 5.46. The Morgan fingerprint density at radius 2 is 2.12 bits per heavy atom. The van der Waals surface area contributed by atoms with Gasteiger partial charge >= 0.3 is 0 Å². The van der Waals surface area contributed by atoms with E-state index in [4.69, 9.17) is 4.74 Å². The van der Waals surface area contributed by atoms with Gasteiger partial charge in [-0.05, 0) is 17.9 Å². The Hall–Kier alpha value is -0.860. The highest BCUT2D eigenvalue weighted by Gasteiger charge is 2.37. The van der Waals surface area contributed by atoms with Crippen molar-refractivity contribution in [3.63, 3.8) is 0 Å². The maximum absolute atomic E-state index is 5.13. The number of rotatable bonds is 6. The van der Waals surface area contributed by atoms with Crippen molar-refractivity contribution in [3.05, 3.63) is 35.9 Å². The van der Waals surface area contributed by atoms with E-state index in [1.165, 1.54) is 12.0 Å². The summed E-state index contributed by atoms with van der Waals surface area (Å²) < 4.78 is 5.13. The molecule has 3 atom stereocenters. The van der Waals surface area contributed by atoms with Crippen LogP contribution in [0, 0.1) is 5.92 Å². The minimum Gasteiger partial charge on any atom is -0.384 e. The van der Waals surface area contributed by atoms with E-state index in [9.17, 15) is 0 Å². The van der Waals surface area contributed by atoms with Gasteiger partial charge in [0.25, 0.3) is 0 Å². The van der Waals surface area contributed by atoms with Crippen molar-refractivity contribution in [3.8, 4) is 0 Å². The lowest BCUT2D eigenvalue weighted by Crippen LogP contribution is -2.26. The van der Waals surface area contributed by atoms with Gasteiger partial charge in [0.1, 0.15) is 0 Å². The molecule has 0 aliphatic heterocycles. The van der Waals surface area contributed by atoms with Crippen LogP contribution in [0.2, 0.25) is 0 Å². The summed E-state index contributed by atoms with van der Waals surface area (Å²) in [6, 6.07) is 11.5. The molecule has 1 aliphatic rings. The molecule has 88 valence electrons. The summed E-state index contributed by atoms with van der Waals surface area (Å²) in [5, 5.41) is 3.61. The van der Waals surface area contributed by atoms with Crippen LogP contribution >= 0.6 is 0 Å². The van der Waals surface area contributed by atoms with Crippen molar-refractivity contribution >= 4 is 0 Å². The molecular weight excluding hydrogens is 198 g/mol. The van der Waals surface area contributed by atoms with Crippen molar-refractivity contribution in [2.75, 3.05) is 20.3 Å². The van der Waals surface area contributed by atoms with E-state index in [0.717, 1.165) is 19.1 Å². The van der Waals surface area contributed by atoms with Gasteiger partial charge in [0.15, 0.2) is 0 Å². The molecule has 1 saturated carbocycles. The molecule has 0 spiro atoms. The van der Waals surface area contributed by atoms with Crippen LogP contribution < -0.4 is 5.32 Å². The van der Waals surface area contributed by atoms with Crippen LogP contribution in [0.5, 0.6) is 0 Å². The molecule has 0 amide bonds. The van der Waals surface area contributed by atoms with E-state index < -0.39 is 0 Å². The lowest BCUT2D eigenvalue weighted by atomic mass is 10.1. The van der Waals surface area contributed by atoms with Crippen molar-refractivity contribution in [2.24, 2.45) is 5.92 Å². The fourth-order valence-corrected chi connectivity index (χ4v) is 2.19. The van der Waals surface area contributed by atoms with Crippen LogP contribution in [0.25, 0.3) is 0 Å². The Balaban J connectivity index is 1.72. The molecule has 2 nitrogen and oxygen atoms in total. The average molecular weight is 219 g/mol. The molecule has 0 heterocycles. The molecule has 0 aromatic heterocycles. The third-order valence-electron chi connectivity index (χ3n) is 3.20. The van der Waals surface area contributed by atoms with Gasteiger partial charge < -0.3 is 10.1 Å². The minimum atomic E-state index is 0.599. The first-order chi connectivity index (χ1) is 7.81. The molecule has 2 rings (SSSR count). The fraction of sp³-hybridized carbons (Fsp3) is 0.571. The van der Waals surface area contributed by atoms with E-state index >= 15 is 0 Å². The summed E-state index contributed by atoms with van der Waals surface area (Å²) >= 11 is 0. The van der Waals surface area contributed by atoms with Gasteiger partial charge in [-0.15, -0.1) is 0 Å². The zero-order valence-corrected chi connectivity index (χ0v) is 10.1. The van der Waals surface area contributed by atoms with Crippen LogP contribution in [0.4, 0.5) is 0 Å². The lowest BCUT2D eigenvalue weighted by Gasteiger charge is -2.11. The summed E-state index contributed by atoms with van der Waals surface area (Å²) in [6.07, 6.45) is 1.28. The van der Waals surface area contributed by atoms with Gasteiger partial charge in [-0.2, -0.15) is 0 Å². The van der Waals surface area contributed by atoms with Crippen molar-refractivity contribution < 1.29 is 4.74 Å². The van der Waals surface area contributed by atoms with Gasteiger partial charge in [0.05, 0.1) is 0 Å². The normalized spacial score (nSPS) is 25.4. The smallest absolute Gasteiger partial charge is 0.0499 e. The second-order valence-electron chi connectivity index (χ2n) is 4.83. The third kappa shape index (κ3) is 3.06. The topological polar surface area (TPSA) is 21.3 Å². The number of ether oxygens (including phenoxy) is 1. The average Bonchev–Trinajstić information content (AvgIpc) is 3.07. The van der Waals surface area contributed by atoms with Crippen molar-refractivity contribution in [2.45, 2.75) is 25.3 Å². The molecule has 1 N–H and O–H groups in total. The number of benzene rings is 1. The largest absolute Gasteiger partial charge is 0.384 e. The standard InChI is InChI=1S/C14H21NO/c1-11(10-16-2)9-15-14-8-13(14)12-6-4-3-5-7-12/h3-7,11,13-15H,8-10H2,1-2H3. The van der Waals surface area contributed by atoms with E-state index in [1.807, 2.05) is 0 Å². The van der Waals surface area contributed by atoms with Crippen LogP contribution in [0.3, 0.4) is 0 Å². The highest BCUT2D eigenvalue weighted by molar-refractivity contribution is 5.27. The molecule has 1 fully saturated rings. The summed E-state index contributed by atoms with van der Waals surface area (Å²) in [7, 11) is 1.76. The predicted octanol–water partition coefficient (Wildman–Crippen LogP) is 2.41. The Morgan fingerprint density at radius 1 is 1.38 bits per heavy atom. The molecule has 1 aromatic rings. The highest BCUT2D eigenvalue weighted by Crippen LogP contribution is 2.40. The molecule has 0 bridgehead atoms. The predicted molar refractivity (Wildman–Crippen MR) is 66.6 cm³/mol. The molecule has 2 heteroatoms. The minimum absolute atomic E-state index is 0.599. The highest BCUT2D eigenvalue weighted by atomic mass is 16.5. The number of nitrogens with one attached hydrogen (secondary N) is 1. The van der Waals surface area contributed by atoms with Gasteiger partial charge in [0, 0.05) is 32.2 Å². The summed E-state index contributed by atoms with van der Waals surface area (Å²) in [5.74, 6) is 1.33. The first-order valence-electron chi connectivity index (χ1n) is 6.08. The quantitative estimate of drug-likeness (QED) is 0.793. The summed E-state index contributed by atoms with van der Waals surface area (Å²) in [5.41, 5.74) is 1.47. The van der Waals surface area contributed by atoms with Gasteiger partial charge in [-0.3, -0.25) is 0 Å². The van der Waals surface area contributed by atoms with Gasteiger partial charge in [0.2, 0.25) is 0 Å². The second-order valence-corrected chi connectivity index (χ2v) is 4.83. The SMILES string of the molecule is COCC(C)CNC1CC1c1ccccc1. The van der Waals surface area contributed by atoms with E-state index in [0.29, 0.717) is 12.0 Å². The van der Waals surface area contributed by atoms with Crippen LogP contribution in [-0.2, 0) is 4.74 Å². The number of methoxy groups -OCH3 is 1. The Kier molecular flexibility index (Phi) is 3.97. The van der Waals surface area contributed by atoms with Gasteiger partial charge in [-0.25, -0.2) is 0 Å². The van der Waals surface area contributed by atoms with Crippen LogP contribution in [0.1, 0.15) is 24.8 Å². The van der Waals surface area contributed by atoms with Gasteiger partial charge in [-0.1, -0.05) is 37.3 Å². The molecule has 0 saturated heterocycles. The summed E-state index contributed by atoms with van der Waals surface area (Å²) in [6.45, 7) is 4.12. The Labute approximate surface area is 98.0 Å². The zero-order chi connectivity index (χ0) is 11.4. The van der Waals surface area contributed by atoms with Crippen LogP contribution in [-0.4, -0.2) is 26.3 Å². The monoisotopic (exact) mass is 219 g/mol. The Bertz CT molecular complexity index is 312. The molecule has 1 aromatic carbocycles. The summed E-state index contributed by atoms with van der Waals surface area (Å²) in [4.78, 5) is 0. The van der Waals surface area contributed by atoms with E-state index in [1.54, 1.807) is 7.11 Å². The lowest BCUT2D eigenvalue weighted by molar-refractivity contribution is 0.158. The van der Waals surface area contributed by atoms with Crippen molar-refractivity contribution in [1.82, 2.24) is 5.32 Å². The molecule has 3 unspecified atom stereocenters. The van der Waals surface area contributed by atoms with Crippen LogP contribution in [0.15, 0.2) is 30.3 Å². The third-order valence-corrected chi connectivity index (χ3v) is 3.20. The van der Waals surface area contributed by atoms with E-state index in [2.05, 4.69) is 42.6 Å². The number of hydrogen-bond acceptors (Lipinski definition) is 2. The molecular formula is C14H21NO. The fourth-order valence-electron chi connectivity index (χ4n) is 2.19. The first kappa shape index (κ1) is 11.6. The zero-order valence-electron chi connectivity index (χ0n) is 10.1. The molecule has 16 heavy (non-hydrogen) atoms. The molecule has 0 radical (unpaired) electrons. The van der Waals surface area contributed by atoms with E-state index in [-0.39, 0.29) is 0 Å². The van der Waals surface area contributed by atoms with Crippen molar-refractivity contribution in [1.29, 1.82) is 0 Å². The first-order valence-corrected chi connectivity index (χ1v) is 6.08. The maximum Gasteiger partial charge on any atom is 0.0499 e. The maximum atomic E-state index is 5.13.